The second-order valence-electron chi connectivity index (χ2n) is 3.61. The van der Waals surface area contributed by atoms with Crippen LogP contribution in [0.4, 0.5) is 0 Å². The van der Waals surface area contributed by atoms with Crippen molar-refractivity contribution in [1.82, 2.24) is 5.32 Å². The number of aryl methyl sites for hydroxylation is 2. The predicted molar refractivity (Wildman–Crippen MR) is 57.5 cm³/mol. The molecule has 1 amide bonds. The topological polar surface area (TPSA) is 79.5 Å². The lowest BCUT2D eigenvalue weighted by Gasteiger charge is -2.03. The van der Waals surface area contributed by atoms with E-state index in [4.69, 9.17) is 9.52 Å². The van der Waals surface area contributed by atoms with Gasteiger partial charge in [0.2, 0.25) is 0 Å². The number of furan rings is 1. The SMILES string of the molecule is Cc1oc(C)c(C(=O)NCCC(=O)O)c1C. The van der Waals surface area contributed by atoms with Crippen LogP contribution in [0, 0.1) is 20.8 Å². The molecule has 1 rings (SSSR count). The largest absolute Gasteiger partial charge is 0.481 e. The number of carbonyl (C=O) groups is 2. The minimum Gasteiger partial charge on any atom is -0.481 e. The second-order valence-corrected chi connectivity index (χ2v) is 3.61. The van der Waals surface area contributed by atoms with Crippen LogP contribution < -0.4 is 5.32 Å². The average Bonchev–Trinajstić information content (AvgIpc) is 2.40. The summed E-state index contributed by atoms with van der Waals surface area (Å²) in [6.45, 7) is 5.43. The summed E-state index contributed by atoms with van der Waals surface area (Å²) >= 11 is 0. The van der Waals surface area contributed by atoms with Crippen molar-refractivity contribution in [3.8, 4) is 0 Å². The first-order valence-corrected chi connectivity index (χ1v) is 5.00. The molecule has 0 saturated heterocycles. The number of hydrogen-bond acceptors (Lipinski definition) is 3. The number of nitrogens with one attached hydrogen (secondary N) is 1. The van der Waals surface area contributed by atoms with Gasteiger partial charge in [0.05, 0.1) is 12.0 Å². The Morgan fingerprint density at radius 2 is 1.88 bits per heavy atom. The van der Waals surface area contributed by atoms with Crippen LogP contribution >= 0.6 is 0 Å². The summed E-state index contributed by atoms with van der Waals surface area (Å²) in [5, 5.41) is 11.0. The van der Waals surface area contributed by atoms with E-state index in [9.17, 15) is 9.59 Å². The van der Waals surface area contributed by atoms with Gasteiger partial charge in [-0.2, -0.15) is 0 Å². The molecule has 0 saturated carbocycles. The van der Waals surface area contributed by atoms with Crippen LogP contribution in [0.3, 0.4) is 0 Å². The third-order valence-corrected chi connectivity index (χ3v) is 2.41. The molecule has 0 unspecified atom stereocenters. The molecule has 5 heteroatoms. The van der Waals surface area contributed by atoms with E-state index >= 15 is 0 Å². The highest BCUT2D eigenvalue weighted by Gasteiger charge is 2.18. The first-order chi connectivity index (χ1) is 7.43. The van der Waals surface area contributed by atoms with E-state index in [1.807, 2.05) is 0 Å². The van der Waals surface area contributed by atoms with Gasteiger partial charge in [0.15, 0.2) is 0 Å². The molecule has 0 aliphatic heterocycles. The minimum absolute atomic E-state index is 0.0827. The number of aliphatic carboxylic acids is 1. The molecule has 0 spiro atoms. The molecule has 5 nitrogen and oxygen atoms in total. The summed E-state index contributed by atoms with van der Waals surface area (Å²) in [5.41, 5.74) is 1.30. The van der Waals surface area contributed by atoms with E-state index in [1.165, 1.54) is 0 Å². The lowest BCUT2D eigenvalue weighted by Crippen LogP contribution is -2.26. The van der Waals surface area contributed by atoms with Gasteiger partial charge in [-0.05, 0) is 20.8 Å². The lowest BCUT2D eigenvalue weighted by atomic mass is 10.1. The first kappa shape index (κ1) is 12.3. The van der Waals surface area contributed by atoms with Gasteiger partial charge in [-0.25, -0.2) is 0 Å². The van der Waals surface area contributed by atoms with Gasteiger partial charge in [0.25, 0.3) is 5.91 Å². The van der Waals surface area contributed by atoms with E-state index in [0.717, 1.165) is 5.56 Å². The van der Waals surface area contributed by atoms with E-state index in [2.05, 4.69) is 5.32 Å². The molecule has 0 fully saturated rings. The monoisotopic (exact) mass is 225 g/mol. The fourth-order valence-electron chi connectivity index (χ4n) is 1.50. The normalized spacial score (nSPS) is 10.2. The van der Waals surface area contributed by atoms with Crippen LogP contribution in [-0.2, 0) is 4.79 Å². The summed E-state index contributed by atoms with van der Waals surface area (Å²) in [6, 6.07) is 0. The summed E-state index contributed by atoms with van der Waals surface area (Å²) in [4.78, 5) is 22.0. The third-order valence-electron chi connectivity index (χ3n) is 2.41. The number of hydrogen-bond donors (Lipinski definition) is 2. The van der Waals surface area contributed by atoms with Crippen molar-refractivity contribution in [3.05, 3.63) is 22.6 Å². The zero-order valence-electron chi connectivity index (χ0n) is 9.59. The molecular formula is C11H15NO4. The molecule has 88 valence electrons. The van der Waals surface area contributed by atoms with Gasteiger partial charge in [-0.1, -0.05) is 0 Å². The number of rotatable bonds is 4. The molecule has 1 heterocycles. The van der Waals surface area contributed by atoms with Crippen molar-refractivity contribution in [2.45, 2.75) is 27.2 Å². The van der Waals surface area contributed by atoms with Crippen LogP contribution in [0.2, 0.25) is 0 Å². The fourth-order valence-corrected chi connectivity index (χ4v) is 1.50. The fraction of sp³-hybridized carbons (Fsp3) is 0.455. The summed E-state index contributed by atoms with van der Waals surface area (Å²) in [6.07, 6.45) is -0.0827. The summed E-state index contributed by atoms with van der Waals surface area (Å²) < 4.78 is 5.32. The highest BCUT2D eigenvalue weighted by atomic mass is 16.4. The minimum atomic E-state index is -0.933. The van der Waals surface area contributed by atoms with Gasteiger partial charge >= 0.3 is 5.97 Å². The zero-order chi connectivity index (χ0) is 12.3. The quantitative estimate of drug-likeness (QED) is 0.811. The van der Waals surface area contributed by atoms with Crippen LogP contribution in [0.15, 0.2) is 4.42 Å². The highest BCUT2D eigenvalue weighted by molar-refractivity contribution is 5.96. The van der Waals surface area contributed by atoms with Gasteiger partial charge in [-0.15, -0.1) is 0 Å². The maximum atomic E-state index is 11.7. The van der Waals surface area contributed by atoms with Gasteiger partial charge in [0, 0.05) is 12.1 Å². The Hall–Kier alpha value is -1.78. The van der Waals surface area contributed by atoms with Gasteiger partial charge < -0.3 is 14.8 Å². The number of carbonyl (C=O) groups excluding carboxylic acids is 1. The second kappa shape index (κ2) is 4.83. The molecule has 0 aliphatic carbocycles. The van der Waals surface area contributed by atoms with Crippen molar-refractivity contribution in [2.75, 3.05) is 6.54 Å². The van der Waals surface area contributed by atoms with Crippen molar-refractivity contribution in [2.24, 2.45) is 0 Å². The maximum absolute atomic E-state index is 11.7. The molecule has 1 aromatic heterocycles. The lowest BCUT2D eigenvalue weighted by molar-refractivity contribution is -0.136. The Balaban J connectivity index is 2.70. The molecule has 0 bridgehead atoms. The number of carboxylic acid groups (broad SMARTS) is 1. The Kier molecular flexibility index (Phi) is 3.71. The maximum Gasteiger partial charge on any atom is 0.305 e. The third kappa shape index (κ3) is 2.62. The highest BCUT2D eigenvalue weighted by Crippen LogP contribution is 2.20. The van der Waals surface area contributed by atoms with Crippen molar-refractivity contribution in [3.63, 3.8) is 0 Å². The van der Waals surface area contributed by atoms with Crippen molar-refractivity contribution >= 4 is 11.9 Å². The van der Waals surface area contributed by atoms with Crippen LogP contribution in [0.5, 0.6) is 0 Å². The van der Waals surface area contributed by atoms with Crippen molar-refractivity contribution < 1.29 is 19.1 Å². The van der Waals surface area contributed by atoms with E-state index in [1.54, 1.807) is 20.8 Å². The summed E-state index contributed by atoms with van der Waals surface area (Å²) in [7, 11) is 0. The van der Waals surface area contributed by atoms with Gasteiger partial charge in [0.1, 0.15) is 11.5 Å². The van der Waals surface area contributed by atoms with Gasteiger partial charge in [-0.3, -0.25) is 9.59 Å². The van der Waals surface area contributed by atoms with Crippen molar-refractivity contribution in [1.29, 1.82) is 0 Å². The molecule has 0 radical (unpaired) electrons. The van der Waals surface area contributed by atoms with Crippen LogP contribution in [0.1, 0.15) is 33.9 Å². The molecule has 0 atom stereocenters. The molecular weight excluding hydrogens is 210 g/mol. The number of amides is 1. The molecule has 2 N–H and O–H groups in total. The molecule has 1 aromatic rings. The van der Waals surface area contributed by atoms with Crippen LogP contribution in [-0.4, -0.2) is 23.5 Å². The molecule has 0 aliphatic rings. The van der Waals surface area contributed by atoms with E-state index < -0.39 is 5.97 Å². The number of carboxylic acids is 1. The Labute approximate surface area is 93.4 Å². The Bertz CT molecular complexity index is 420. The Morgan fingerprint density at radius 1 is 1.25 bits per heavy atom. The average molecular weight is 225 g/mol. The zero-order valence-corrected chi connectivity index (χ0v) is 9.59. The smallest absolute Gasteiger partial charge is 0.305 e. The van der Waals surface area contributed by atoms with E-state index in [-0.39, 0.29) is 18.9 Å². The molecule has 0 aromatic carbocycles. The van der Waals surface area contributed by atoms with E-state index in [0.29, 0.717) is 17.1 Å². The summed E-state index contributed by atoms with van der Waals surface area (Å²) in [5.74, 6) is 0.0499. The van der Waals surface area contributed by atoms with Crippen LogP contribution in [0.25, 0.3) is 0 Å². The Morgan fingerprint density at radius 3 is 2.31 bits per heavy atom. The predicted octanol–water partition coefficient (Wildman–Crippen LogP) is 1.41. The molecule has 16 heavy (non-hydrogen) atoms. The standard InChI is InChI=1S/C11H15NO4/c1-6-7(2)16-8(3)10(6)11(15)12-5-4-9(13)14/h4-5H2,1-3H3,(H,12,15)(H,13,14). The first-order valence-electron chi connectivity index (χ1n) is 5.00.